The summed E-state index contributed by atoms with van der Waals surface area (Å²) in [5, 5.41) is 7.64. The third kappa shape index (κ3) is 4.66. The lowest BCUT2D eigenvalue weighted by atomic mass is 10.3. The molecular weight excluding hydrogens is 230 g/mol. The second-order valence-corrected chi connectivity index (χ2v) is 4.27. The maximum absolute atomic E-state index is 5.74. The molecule has 0 aromatic carbocycles. The molecule has 18 heavy (non-hydrogen) atoms. The van der Waals surface area contributed by atoms with Crippen molar-refractivity contribution in [3.63, 3.8) is 0 Å². The van der Waals surface area contributed by atoms with Gasteiger partial charge in [-0.25, -0.2) is 0 Å². The van der Waals surface area contributed by atoms with Crippen molar-refractivity contribution in [2.75, 3.05) is 32.9 Å². The van der Waals surface area contributed by atoms with Gasteiger partial charge < -0.3 is 14.8 Å². The summed E-state index contributed by atoms with van der Waals surface area (Å²) < 4.78 is 12.8. The fourth-order valence-corrected chi connectivity index (χ4v) is 1.76. The second kappa shape index (κ2) is 8.11. The van der Waals surface area contributed by atoms with Crippen LogP contribution in [0.4, 0.5) is 0 Å². The van der Waals surface area contributed by atoms with Crippen molar-refractivity contribution in [2.45, 2.75) is 27.2 Å². The number of aromatic nitrogens is 2. The van der Waals surface area contributed by atoms with E-state index < -0.39 is 0 Å². The fourth-order valence-electron chi connectivity index (χ4n) is 1.76. The summed E-state index contributed by atoms with van der Waals surface area (Å²) in [5.74, 6) is 0.911. The van der Waals surface area contributed by atoms with Crippen LogP contribution in [0.2, 0.25) is 0 Å². The quantitative estimate of drug-likeness (QED) is 0.678. The van der Waals surface area contributed by atoms with E-state index in [0.29, 0.717) is 6.61 Å². The molecule has 0 amide bonds. The van der Waals surface area contributed by atoms with Crippen LogP contribution in [-0.2, 0) is 11.8 Å². The van der Waals surface area contributed by atoms with Crippen molar-refractivity contribution in [1.29, 1.82) is 0 Å². The molecule has 5 heteroatoms. The molecule has 0 aliphatic rings. The lowest BCUT2D eigenvalue weighted by Crippen LogP contribution is -2.23. The normalized spacial score (nSPS) is 10.9. The fraction of sp³-hybridized carbons (Fsp3) is 0.769. The molecule has 0 atom stereocenters. The summed E-state index contributed by atoms with van der Waals surface area (Å²) in [6.07, 6.45) is 1.04. The van der Waals surface area contributed by atoms with Crippen LogP contribution in [0.15, 0.2) is 0 Å². The SMILES string of the molecule is CCOCCCNCCOc1c(C)nn(C)c1C. The van der Waals surface area contributed by atoms with E-state index in [0.717, 1.165) is 49.9 Å². The molecule has 1 rings (SSSR count). The first-order valence-corrected chi connectivity index (χ1v) is 6.58. The number of aryl methyl sites for hydroxylation is 2. The molecule has 0 fully saturated rings. The predicted molar refractivity (Wildman–Crippen MR) is 72.2 cm³/mol. The lowest BCUT2D eigenvalue weighted by molar-refractivity contribution is 0.144. The smallest absolute Gasteiger partial charge is 0.163 e. The molecule has 0 spiro atoms. The van der Waals surface area contributed by atoms with Crippen LogP contribution in [0.1, 0.15) is 24.7 Å². The van der Waals surface area contributed by atoms with Crippen molar-refractivity contribution in [3.05, 3.63) is 11.4 Å². The number of nitrogens with one attached hydrogen (secondary N) is 1. The van der Waals surface area contributed by atoms with Crippen LogP contribution in [0.25, 0.3) is 0 Å². The predicted octanol–water partition coefficient (Wildman–Crippen LogP) is 1.43. The minimum Gasteiger partial charge on any atom is -0.488 e. The molecule has 1 aromatic rings. The maximum Gasteiger partial charge on any atom is 0.163 e. The van der Waals surface area contributed by atoms with Crippen LogP contribution < -0.4 is 10.1 Å². The monoisotopic (exact) mass is 255 g/mol. The molecule has 1 heterocycles. The third-order valence-corrected chi connectivity index (χ3v) is 2.81. The van der Waals surface area contributed by atoms with Gasteiger partial charge in [0.15, 0.2) is 5.75 Å². The number of hydrogen-bond acceptors (Lipinski definition) is 4. The zero-order chi connectivity index (χ0) is 13.4. The Morgan fingerprint density at radius 2 is 2.00 bits per heavy atom. The Labute approximate surface area is 109 Å². The Morgan fingerprint density at radius 1 is 1.22 bits per heavy atom. The first-order valence-electron chi connectivity index (χ1n) is 6.58. The van der Waals surface area contributed by atoms with Crippen LogP contribution in [0, 0.1) is 13.8 Å². The highest BCUT2D eigenvalue weighted by atomic mass is 16.5. The number of ether oxygens (including phenoxy) is 2. The van der Waals surface area contributed by atoms with Gasteiger partial charge in [-0.15, -0.1) is 0 Å². The van der Waals surface area contributed by atoms with E-state index >= 15 is 0 Å². The van der Waals surface area contributed by atoms with Crippen LogP contribution in [0.5, 0.6) is 5.75 Å². The Hall–Kier alpha value is -1.07. The van der Waals surface area contributed by atoms with Crippen molar-refractivity contribution in [2.24, 2.45) is 7.05 Å². The van der Waals surface area contributed by atoms with E-state index in [1.165, 1.54) is 0 Å². The Morgan fingerprint density at radius 3 is 2.61 bits per heavy atom. The van der Waals surface area contributed by atoms with Crippen molar-refractivity contribution in [1.82, 2.24) is 15.1 Å². The molecule has 0 unspecified atom stereocenters. The standard InChI is InChI=1S/C13H25N3O2/c1-5-17-9-6-7-14-8-10-18-13-11(2)15-16(4)12(13)3/h14H,5-10H2,1-4H3. The summed E-state index contributed by atoms with van der Waals surface area (Å²) in [4.78, 5) is 0. The van der Waals surface area contributed by atoms with E-state index in [2.05, 4.69) is 10.4 Å². The summed E-state index contributed by atoms with van der Waals surface area (Å²) in [7, 11) is 1.93. The van der Waals surface area contributed by atoms with Crippen LogP contribution in [0.3, 0.4) is 0 Å². The zero-order valence-electron chi connectivity index (χ0n) is 12.0. The largest absolute Gasteiger partial charge is 0.488 e. The number of nitrogens with zero attached hydrogens (tertiary/aromatic N) is 2. The summed E-state index contributed by atoms with van der Waals surface area (Å²) >= 11 is 0. The van der Waals surface area contributed by atoms with Crippen LogP contribution >= 0.6 is 0 Å². The Balaban J connectivity index is 2.11. The molecular formula is C13H25N3O2. The van der Waals surface area contributed by atoms with E-state index in [-0.39, 0.29) is 0 Å². The van der Waals surface area contributed by atoms with E-state index in [1.54, 1.807) is 0 Å². The molecule has 1 N–H and O–H groups in total. The third-order valence-electron chi connectivity index (χ3n) is 2.81. The van der Waals surface area contributed by atoms with Gasteiger partial charge in [0.25, 0.3) is 0 Å². The van der Waals surface area contributed by atoms with Gasteiger partial charge in [0.1, 0.15) is 12.3 Å². The van der Waals surface area contributed by atoms with Gasteiger partial charge in [0, 0.05) is 26.8 Å². The number of hydrogen-bond donors (Lipinski definition) is 1. The van der Waals surface area contributed by atoms with Gasteiger partial charge in [0.2, 0.25) is 0 Å². The highest BCUT2D eigenvalue weighted by Crippen LogP contribution is 2.20. The van der Waals surface area contributed by atoms with Crippen molar-refractivity contribution < 1.29 is 9.47 Å². The van der Waals surface area contributed by atoms with Crippen LogP contribution in [-0.4, -0.2) is 42.7 Å². The van der Waals surface area contributed by atoms with E-state index in [4.69, 9.17) is 9.47 Å². The molecule has 0 saturated carbocycles. The summed E-state index contributed by atoms with van der Waals surface area (Å²) in [5.41, 5.74) is 2.02. The first-order chi connectivity index (χ1) is 8.66. The lowest BCUT2D eigenvalue weighted by Gasteiger charge is -2.08. The average Bonchev–Trinajstić information content (AvgIpc) is 2.58. The van der Waals surface area contributed by atoms with Gasteiger partial charge in [-0.2, -0.15) is 5.10 Å². The summed E-state index contributed by atoms with van der Waals surface area (Å²) in [6, 6.07) is 0. The number of rotatable bonds is 9. The maximum atomic E-state index is 5.74. The Kier molecular flexibility index (Phi) is 6.75. The topological polar surface area (TPSA) is 48.3 Å². The van der Waals surface area contributed by atoms with Gasteiger partial charge in [0.05, 0.1) is 5.69 Å². The second-order valence-electron chi connectivity index (χ2n) is 4.27. The molecule has 1 aromatic heterocycles. The van der Waals surface area contributed by atoms with Crippen molar-refractivity contribution in [3.8, 4) is 5.75 Å². The van der Waals surface area contributed by atoms with Gasteiger partial charge in [-0.1, -0.05) is 0 Å². The molecule has 0 aliphatic heterocycles. The molecule has 0 radical (unpaired) electrons. The van der Waals surface area contributed by atoms with Crippen molar-refractivity contribution >= 4 is 0 Å². The van der Waals surface area contributed by atoms with E-state index in [1.807, 2.05) is 32.5 Å². The van der Waals surface area contributed by atoms with Gasteiger partial charge >= 0.3 is 0 Å². The van der Waals surface area contributed by atoms with E-state index in [9.17, 15) is 0 Å². The minimum absolute atomic E-state index is 0.669. The average molecular weight is 255 g/mol. The van der Waals surface area contributed by atoms with Gasteiger partial charge in [-0.3, -0.25) is 4.68 Å². The molecule has 0 aliphatic carbocycles. The summed E-state index contributed by atoms with van der Waals surface area (Å²) in [6.45, 7) is 10.1. The minimum atomic E-state index is 0.669. The molecule has 0 bridgehead atoms. The van der Waals surface area contributed by atoms with Gasteiger partial charge in [-0.05, 0) is 33.7 Å². The molecule has 0 saturated heterocycles. The molecule has 104 valence electrons. The highest BCUT2D eigenvalue weighted by molar-refractivity contribution is 5.31. The highest BCUT2D eigenvalue weighted by Gasteiger charge is 2.09. The first kappa shape index (κ1) is 15.0. The zero-order valence-corrected chi connectivity index (χ0v) is 12.0. The Bertz CT molecular complexity index is 350. The molecule has 5 nitrogen and oxygen atoms in total.